The van der Waals surface area contributed by atoms with Crippen molar-refractivity contribution in [2.75, 3.05) is 0 Å². The summed E-state index contributed by atoms with van der Waals surface area (Å²) in [5.74, 6) is 0. The highest BCUT2D eigenvalue weighted by Crippen LogP contribution is 2.21. The SMILES string of the molecule is CC1=CC=C[Si]1(C)NC(C)(C)C. The van der Waals surface area contributed by atoms with Gasteiger partial charge in [-0.25, -0.2) is 0 Å². The molecule has 1 unspecified atom stereocenters. The lowest BCUT2D eigenvalue weighted by Gasteiger charge is -2.33. The van der Waals surface area contributed by atoms with Crippen LogP contribution in [-0.4, -0.2) is 13.8 Å². The van der Waals surface area contributed by atoms with Crippen LogP contribution in [0.4, 0.5) is 0 Å². The molecule has 0 spiro atoms. The molecule has 1 nitrogen and oxygen atoms in total. The van der Waals surface area contributed by atoms with Crippen LogP contribution in [0.25, 0.3) is 0 Å². The first-order valence-corrected chi connectivity index (χ1v) is 7.07. The summed E-state index contributed by atoms with van der Waals surface area (Å²) >= 11 is 0. The van der Waals surface area contributed by atoms with Gasteiger partial charge in [-0.15, -0.1) is 0 Å². The lowest BCUT2D eigenvalue weighted by molar-refractivity contribution is 0.515. The Labute approximate surface area is 76.6 Å². The van der Waals surface area contributed by atoms with Crippen molar-refractivity contribution in [1.29, 1.82) is 0 Å². The molecular formula is C10H19NSi. The van der Waals surface area contributed by atoms with Gasteiger partial charge in [0.1, 0.15) is 0 Å². The van der Waals surface area contributed by atoms with Gasteiger partial charge in [-0.1, -0.05) is 23.0 Å². The highest BCUT2D eigenvalue weighted by Gasteiger charge is 2.32. The highest BCUT2D eigenvalue weighted by molar-refractivity contribution is 6.88. The third-order valence-electron chi connectivity index (χ3n) is 2.23. The quantitative estimate of drug-likeness (QED) is 0.613. The normalized spacial score (nSPS) is 29.2. The monoisotopic (exact) mass is 181 g/mol. The Morgan fingerprint density at radius 2 is 1.92 bits per heavy atom. The van der Waals surface area contributed by atoms with E-state index >= 15 is 0 Å². The molecule has 0 aliphatic carbocycles. The zero-order valence-corrected chi connectivity index (χ0v) is 9.73. The molecule has 1 atom stereocenters. The Hall–Kier alpha value is -0.343. The molecule has 12 heavy (non-hydrogen) atoms. The van der Waals surface area contributed by atoms with Crippen molar-refractivity contribution in [2.24, 2.45) is 0 Å². The summed E-state index contributed by atoms with van der Waals surface area (Å²) in [6.45, 7) is 11.3. The van der Waals surface area contributed by atoms with Crippen LogP contribution < -0.4 is 4.98 Å². The number of hydrogen-bond donors (Lipinski definition) is 1. The summed E-state index contributed by atoms with van der Waals surface area (Å²) in [6, 6.07) is 0. The number of rotatable bonds is 1. The number of nitrogens with one attached hydrogen (secondary N) is 1. The maximum atomic E-state index is 3.73. The van der Waals surface area contributed by atoms with E-state index in [0.29, 0.717) is 0 Å². The first kappa shape index (κ1) is 9.74. The van der Waals surface area contributed by atoms with E-state index in [-0.39, 0.29) is 5.54 Å². The molecule has 0 bridgehead atoms. The molecular weight excluding hydrogens is 162 g/mol. The van der Waals surface area contributed by atoms with Gasteiger partial charge in [0.25, 0.3) is 0 Å². The fourth-order valence-electron chi connectivity index (χ4n) is 1.61. The smallest absolute Gasteiger partial charge is 0.175 e. The standard InChI is InChI=1S/C10H19NSi/c1-9-7-6-8-12(9,5)11-10(2,3)4/h6-8,11H,1-5H3. The zero-order valence-electron chi connectivity index (χ0n) is 8.73. The lowest BCUT2D eigenvalue weighted by atomic mass is 10.1. The molecule has 1 aliphatic heterocycles. The Morgan fingerprint density at radius 3 is 2.25 bits per heavy atom. The van der Waals surface area contributed by atoms with Gasteiger partial charge in [0.05, 0.1) is 0 Å². The van der Waals surface area contributed by atoms with E-state index < -0.39 is 8.24 Å². The van der Waals surface area contributed by atoms with E-state index in [1.807, 2.05) is 0 Å². The fraction of sp³-hybridized carbons (Fsp3) is 0.600. The molecule has 1 N–H and O–H groups in total. The predicted molar refractivity (Wildman–Crippen MR) is 57.4 cm³/mol. The summed E-state index contributed by atoms with van der Waals surface area (Å²) in [5, 5.41) is 1.53. The minimum Gasteiger partial charge on any atom is -0.326 e. The second kappa shape index (κ2) is 2.86. The van der Waals surface area contributed by atoms with Crippen LogP contribution in [0.5, 0.6) is 0 Å². The maximum absolute atomic E-state index is 3.73. The van der Waals surface area contributed by atoms with Crippen molar-refractivity contribution < 1.29 is 0 Å². The van der Waals surface area contributed by atoms with Crippen molar-refractivity contribution in [1.82, 2.24) is 4.98 Å². The molecule has 0 aromatic rings. The minimum absolute atomic E-state index is 0.227. The van der Waals surface area contributed by atoms with Crippen LogP contribution in [-0.2, 0) is 0 Å². The number of hydrogen-bond acceptors (Lipinski definition) is 1. The largest absolute Gasteiger partial charge is 0.326 e. The van der Waals surface area contributed by atoms with Gasteiger partial charge in [-0.05, 0) is 34.2 Å². The van der Waals surface area contributed by atoms with Gasteiger partial charge in [-0.3, -0.25) is 0 Å². The van der Waals surface area contributed by atoms with E-state index in [2.05, 4.69) is 57.1 Å². The van der Waals surface area contributed by atoms with Crippen LogP contribution in [0.3, 0.4) is 0 Å². The number of allylic oxidation sites excluding steroid dienone is 3. The summed E-state index contributed by atoms with van der Waals surface area (Å²) < 4.78 is 0. The molecule has 0 aromatic carbocycles. The van der Waals surface area contributed by atoms with Crippen molar-refractivity contribution in [3.8, 4) is 0 Å². The van der Waals surface area contributed by atoms with Gasteiger partial charge in [-0.2, -0.15) is 0 Å². The molecule has 1 rings (SSSR count). The lowest BCUT2D eigenvalue weighted by Crippen LogP contribution is -2.55. The van der Waals surface area contributed by atoms with E-state index in [0.717, 1.165) is 0 Å². The zero-order chi connectivity index (χ0) is 9.41. The molecule has 0 radical (unpaired) electrons. The Morgan fingerprint density at radius 1 is 1.33 bits per heavy atom. The van der Waals surface area contributed by atoms with Crippen LogP contribution in [0.15, 0.2) is 23.0 Å². The second-order valence-corrected chi connectivity index (χ2v) is 8.56. The summed E-state index contributed by atoms with van der Waals surface area (Å²) in [4.78, 5) is 3.73. The first-order valence-electron chi connectivity index (χ1n) is 4.49. The molecule has 1 aliphatic rings. The Kier molecular flexibility index (Phi) is 2.32. The van der Waals surface area contributed by atoms with E-state index in [4.69, 9.17) is 0 Å². The van der Waals surface area contributed by atoms with Gasteiger partial charge in [0.2, 0.25) is 0 Å². The average Bonchev–Trinajstić information content (AvgIpc) is 2.08. The Balaban J connectivity index is 2.75. The molecule has 0 fully saturated rings. The third kappa shape index (κ3) is 2.08. The van der Waals surface area contributed by atoms with Crippen molar-refractivity contribution in [2.45, 2.75) is 39.8 Å². The molecule has 0 saturated heterocycles. The molecule has 68 valence electrons. The topological polar surface area (TPSA) is 12.0 Å². The van der Waals surface area contributed by atoms with Gasteiger partial charge >= 0.3 is 0 Å². The van der Waals surface area contributed by atoms with Gasteiger partial charge in [0, 0.05) is 5.54 Å². The van der Waals surface area contributed by atoms with E-state index in [9.17, 15) is 0 Å². The minimum atomic E-state index is -1.39. The summed E-state index contributed by atoms with van der Waals surface area (Å²) in [6.07, 6.45) is 4.41. The predicted octanol–water partition coefficient (Wildman–Crippen LogP) is 2.54. The molecule has 0 amide bonds. The molecule has 1 heterocycles. The first-order chi connectivity index (χ1) is 5.33. The fourth-order valence-corrected chi connectivity index (χ4v) is 4.63. The van der Waals surface area contributed by atoms with Crippen LogP contribution in [0, 0.1) is 0 Å². The van der Waals surface area contributed by atoms with Crippen LogP contribution in [0.1, 0.15) is 27.7 Å². The molecule has 2 heteroatoms. The molecule has 0 aromatic heterocycles. The second-order valence-electron chi connectivity index (χ2n) is 4.79. The highest BCUT2D eigenvalue weighted by atomic mass is 28.3. The van der Waals surface area contributed by atoms with Crippen LogP contribution in [0.2, 0.25) is 6.55 Å². The van der Waals surface area contributed by atoms with E-state index in [1.54, 1.807) is 0 Å². The van der Waals surface area contributed by atoms with Crippen molar-refractivity contribution >= 4 is 8.24 Å². The van der Waals surface area contributed by atoms with Gasteiger partial charge < -0.3 is 4.98 Å². The van der Waals surface area contributed by atoms with Gasteiger partial charge in [0.15, 0.2) is 8.24 Å². The maximum Gasteiger partial charge on any atom is 0.175 e. The van der Waals surface area contributed by atoms with Crippen molar-refractivity contribution in [3.05, 3.63) is 23.0 Å². The van der Waals surface area contributed by atoms with Crippen molar-refractivity contribution in [3.63, 3.8) is 0 Å². The van der Waals surface area contributed by atoms with E-state index in [1.165, 1.54) is 5.20 Å². The third-order valence-corrected chi connectivity index (χ3v) is 6.16. The summed E-state index contributed by atoms with van der Waals surface area (Å²) in [7, 11) is -1.39. The summed E-state index contributed by atoms with van der Waals surface area (Å²) in [5.41, 5.74) is 2.58. The molecule has 0 saturated carbocycles. The Bertz CT molecular complexity index is 235. The average molecular weight is 181 g/mol. The van der Waals surface area contributed by atoms with Crippen LogP contribution >= 0.6 is 0 Å².